The molecule has 0 amide bonds. The first kappa shape index (κ1) is 14.3. The van der Waals surface area contributed by atoms with Gasteiger partial charge in [-0.2, -0.15) is 0 Å². The normalized spacial score (nSPS) is 21.1. The average molecular weight is 264 g/mol. The summed E-state index contributed by atoms with van der Waals surface area (Å²) in [7, 11) is 0. The Kier molecular flexibility index (Phi) is 5.20. The number of nitrogens with one attached hydrogen (secondary N) is 1. The van der Waals surface area contributed by atoms with E-state index in [-0.39, 0.29) is 5.82 Å². The Bertz CT molecular complexity index is 406. The summed E-state index contributed by atoms with van der Waals surface area (Å²) < 4.78 is 13.8. The van der Waals surface area contributed by atoms with E-state index >= 15 is 0 Å². The van der Waals surface area contributed by atoms with Crippen molar-refractivity contribution < 1.29 is 4.39 Å². The second kappa shape index (κ2) is 6.90. The zero-order chi connectivity index (χ0) is 13.7. The highest BCUT2D eigenvalue weighted by atomic mass is 19.1. The van der Waals surface area contributed by atoms with Gasteiger partial charge in [-0.25, -0.2) is 4.39 Å². The molecule has 2 nitrogen and oxygen atoms in total. The van der Waals surface area contributed by atoms with E-state index in [4.69, 9.17) is 0 Å². The zero-order valence-corrected chi connectivity index (χ0v) is 12.1. The molecule has 1 heterocycles. The van der Waals surface area contributed by atoms with Gasteiger partial charge in [-0.15, -0.1) is 0 Å². The number of hydrogen-bond donors (Lipinski definition) is 1. The van der Waals surface area contributed by atoms with Gasteiger partial charge in [0.15, 0.2) is 0 Å². The van der Waals surface area contributed by atoms with E-state index < -0.39 is 0 Å². The fraction of sp³-hybridized carbons (Fsp3) is 0.625. The first-order valence-corrected chi connectivity index (χ1v) is 7.44. The van der Waals surface area contributed by atoms with Crippen molar-refractivity contribution >= 4 is 5.69 Å². The molecule has 1 unspecified atom stereocenters. The summed E-state index contributed by atoms with van der Waals surface area (Å²) in [4.78, 5) is 2.52. The first-order chi connectivity index (χ1) is 9.19. The summed E-state index contributed by atoms with van der Waals surface area (Å²) in [6.07, 6.45) is 4.65. The van der Waals surface area contributed by atoms with Crippen LogP contribution in [0.5, 0.6) is 0 Å². The summed E-state index contributed by atoms with van der Waals surface area (Å²) in [5.41, 5.74) is 1.62. The van der Waals surface area contributed by atoms with Gasteiger partial charge in [0.1, 0.15) is 5.82 Å². The van der Waals surface area contributed by atoms with Crippen LogP contribution < -0.4 is 5.32 Å². The van der Waals surface area contributed by atoms with Gasteiger partial charge in [-0.1, -0.05) is 13.0 Å². The molecule has 0 spiro atoms. The Morgan fingerprint density at radius 2 is 2.16 bits per heavy atom. The van der Waals surface area contributed by atoms with Crippen LogP contribution in [0.15, 0.2) is 18.2 Å². The molecule has 106 valence electrons. The quantitative estimate of drug-likeness (QED) is 0.889. The third kappa shape index (κ3) is 4.20. The number of rotatable bonds is 4. The monoisotopic (exact) mass is 264 g/mol. The Hall–Kier alpha value is -1.09. The van der Waals surface area contributed by atoms with E-state index in [2.05, 4.69) is 17.1 Å². The number of aryl methyl sites for hydroxylation is 1. The molecule has 0 bridgehead atoms. The van der Waals surface area contributed by atoms with Crippen molar-refractivity contribution in [3.05, 3.63) is 29.6 Å². The number of benzene rings is 1. The Morgan fingerprint density at radius 1 is 1.32 bits per heavy atom. The third-order valence-corrected chi connectivity index (χ3v) is 3.84. The molecule has 1 aromatic carbocycles. The van der Waals surface area contributed by atoms with Crippen molar-refractivity contribution in [3.8, 4) is 0 Å². The molecule has 0 saturated carbocycles. The third-order valence-electron chi connectivity index (χ3n) is 3.84. The highest BCUT2D eigenvalue weighted by molar-refractivity contribution is 5.46. The maximum atomic E-state index is 13.8. The molecular weight excluding hydrogens is 239 g/mol. The van der Waals surface area contributed by atoms with Crippen LogP contribution in [0.2, 0.25) is 0 Å². The van der Waals surface area contributed by atoms with Crippen LogP contribution in [0.3, 0.4) is 0 Å². The summed E-state index contributed by atoms with van der Waals surface area (Å²) in [6.45, 7) is 7.64. The zero-order valence-electron chi connectivity index (χ0n) is 12.1. The van der Waals surface area contributed by atoms with Crippen molar-refractivity contribution in [1.29, 1.82) is 0 Å². The van der Waals surface area contributed by atoms with Crippen molar-refractivity contribution in [1.82, 2.24) is 4.90 Å². The minimum Gasteiger partial charge on any atom is -0.380 e. The van der Waals surface area contributed by atoms with Gasteiger partial charge in [0.05, 0.1) is 5.69 Å². The van der Waals surface area contributed by atoms with Gasteiger partial charge in [0, 0.05) is 12.6 Å². The van der Waals surface area contributed by atoms with Gasteiger partial charge in [-0.05, 0) is 63.4 Å². The van der Waals surface area contributed by atoms with Gasteiger partial charge >= 0.3 is 0 Å². The molecule has 1 saturated heterocycles. The second-order valence-corrected chi connectivity index (χ2v) is 5.60. The molecule has 1 aromatic rings. The fourth-order valence-corrected chi connectivity index (χ4v) is 2.80. The van der Waals surface area contributed by atoms with Crippen LogP contribution in [-0.4, -0.2) is 30.6 Å². The molecule has 1 N–H and O–H groups in total. The van der Waals surface area contributed by atoms with Crippen molar-refractivity contribution in [2.24, 2.45) is 0 Å². The van der Waals surface area contributed by atoms with Crippen LogP contribution in [0.25, 0.3) is 0 Å². The molecule has 0 aromatic heterocycles. The molecule has 2 rings (SSSR count). The second-order valence-electron chi connectivity index (χ2n) is 5.60. The smallest absolute Gasteiger partial charge is 0.146 e. The summed E-state index contributed by atoms with van der Waals surface area (Å²) in [5.74, 6) is -0.130. The minimum atomic E-state index is -0.130. The summed E-state index contributed by atoms with van der Waals surface area (Å²) >= 11 is 0. The molecule has 1 aliphatic rings. The van der Waals surface area contributed by atoms with E-state index in [0.29, 0.717) is 11.7 Å². The molecular formula is C16H25FN2. The van der Waals surface area contributed by atoms with E-state index in [1.807, 2.05) is 19.1 Å². The van der Waals surface area contributed by atoms with Gasteiger partial charge in [0.25, 0.3) is 0 Å². The first-order valence-electron chi connectivity index (χ1n) is 7.44. The van der Waals surface area contributed by atoms with Crippen LogP contribution >= 0.6 is 0 Å². The lowest BCUT2D eigenvalue weighted by molar-refractivity contribution is 0.285. The van der Waals surface area contributed by atoms with Crippen LogP contribution in [0, 0.1) is 12.7 Å². The molecule has 1 fully saturated rings. The topological polar surface area (TPSA) is 15.3 Å². The minimum absolute atomic E-state index is 0.130. The van der Waals surface area contributed by atoms with Gasteiger partial charge < -0.3 is 10.2 Å². The number of hydrogen-bond acceptors (Lipinski definition) is 2. The maximum absolute atomic E-state index is 13.8. The van der Waals surface area contributed by atoms with Crippen LogP contribution in [0.4, 0.5) is 10.1 Å². The summed E-state index contributed by atoms with van der Waals surface area (Å²) in [5, 5.41) is 3.38. The lowest BCUT2D eigenvalue weighted by Gasteiger charge is -2.20. The predicted molar refractivity (Wildman–Crippen MR) is 79.1 cm³/mol. The van der Waals surface area contributed by atoms with Gasteiger partial charge in [0.2, 0.25) is 0 Å². The Balaban J connectivity index is 1.92. The lowest BCUT2D eigenvalue weighted by atomic mass is 10.1. The Labute approximate surface area is 116 Å². The molecule has 3 heteroatoms. The largest absolute Gasteiger partial charge is 0.380 e. The van der Waals surface area contributed by atoms with Gasteiger partial charge in [-0.3, -0.25) is 0 Å². The molecule has 0 radical (unpaired) electrons. The SMILES string of the molecule is CCCN1CCCC(Nc2ccc(C)cc2F)CC1. The van der Waals surface area contributed by atoms with Crippen LogP contribution in [-0.2, 0) is 0 Å². The Morgan fingerprint density at radius 3 is 2.89 bits per heavy atom. The molecule has 0 aliphatic carbocycles. The predicted octanol–water partition coefficient (Wildman–Crippen LogP) is 3.81. The highest BCUT2D eigenvalue weighted by Gasteiger charge is 2.17. The number of nitrogens with zero attached hydrogens (tertiary/aromatic N) is 1. The molecule has 1 atom stereocenters. The fourth-order valence-electron chi connectivity index (χ4n) is 2.80. The molecule has 19 heavy (non-hydrogen) atoms. The van der Waals surface area contributed by atoms with Crippen molar-refractivity contribution in [2.45, 2.75) is 45.6 Å². The van der Waals surface area contributed by atoms with E-state index in [0.717, 1.165) is 24.9 Å². The van der Waals surface area contributed by atoms with E-state index in [1.165, 1.54) is 25.9 Å². The number of likely N-dealkylation sites (tertiary alicyclic amines) is 1. The maximum Gasteiger partial charge on any atom is 0.146 e. The van der Waals surface area contributed by atoms with E-state index in [1.54, 1.807) is 6.07 Å². The van der Waals surface area contributed by atoms with Crippen molar-refractivity contribution in [3.63, 3.8) is 0 Å². The average Bonchev–Trinajstić information content (AvgIpc) is 2.59. The number of anilines is 1. The molecule has 1 aliphatic heterocycles. The van der Waals surface area contributed by atoms with Crippen molar-refractivity contribution in [2.75, 3.05) is 25.0 Å². The van der Waals surface area contributed by atoms with E-state index in [9.17, 15) is 4.39 Å². The highest BCUT2D eigenvalue weighted by Crippen LogP contribution is 2.20. The summed E-state index contributed by atoms with van der Waals surface area (Å²) in [6, 6.07) is 5.83. The van der Waals surface area contributed by atoms with Crippen LogP contribution in [0.1, 0.15) is 38.2 Å². The lowest BCUT2D eigenvalue weighted by Crippen LogP contribution is -2.27. The standard InChI is InChI=1S/C16H25FN2/c1-3-9-19-10-4-5-14(8-11-19)18-16-7-6-13(2)12-15(16)17/h6-7,12,14,18H,3-5,8-11H2,1-2H3. The number of halogens is 1.